The number of hydrogen-bond donors (Lipinski definition) is 1. The van der Waals surface area contributed by atoms with Crippen molar-refractivity contribution in [1.82, 2.24) is 9.88 Å². The molecule has 1 aliphatic rings. The topological polar surface area (TPSA) is 81.1 Å². The van der Waals surface area contributed by atoms with Crippen molar-refractivity contribution in [2.75, 3.05) is 34.4 Å². The second-order valence-corrected chi connectivity index (χ2v) is 7.96. The molecule has 1 N–H and O–H groups in total. The Morgan fingerprint density at radius 3 is 2.31 bits per heavy atom. The van der Waals surface area contributed by atoms with Gasteiger partial charge in [0, 0.05) is 23.2 Å². The largest absolute Gasteiger partial charge is 0.496 e. The molecule has 0 aliphatic carbocycles. The van der Waals surface area contributed by atoms with Gasteiger partial charge in [-0.25, -0.2) is 0 Å². The number of likely N-dealkylation sites (tertiary alicyclic amines) is 1. The van der Waals surface area contributed by atoms with E-state index in [1.807, 2.05) is 42.6 Å². The van der Waals surface area contributed by atoms with E-state index in [9.17, 15) is 9.90 Å². The number of rotatable bonds is 7. The van der Waals surface area contributed by atoms with Gasteiger partial charge in [-0.2, -0.15) is 0 Å². The third-order valence-electron chi connectivity index (χ3n) is 6.20. The lowest BCUT2D eigenvalue weighted by Gasteiger charge is -2.37. The number of nitrogens with zero attached hydrogens (tertiary/aromatic N) is 2. The third-order valence-corrected chi connectivity index (χ3v) is 6.20. The second kappa shape index (κ2) is 9.44. The van der Waals surface area contributed by atoms with Crippen LogP contribution in [0.1, 0.15) is 30.0 Å². The van der Waals surface area contributed by atoms with Gasteiger partial charge in [-0.05, 0) is 49.7 Å². The number of ether oxygens (including phenoxy) is 3. The number of aliphatic carboxylic acids is 1. The quantitative estimate of drug-likeness (QED) is 0.596. The molecule has 0 amide bonds. The van der Waals surface area contributed by atoms with Crippen molar-refractivity contribution in [2.45, 2.75) is 18.9 Å². The number of para-hydroxylation sites is 1. The van der Waals surface area contributed by atoms with Crippen LogP contribution in [-0.4, -0.2) is 55.4 Å². The molecular formula is C25H28N2O5. The first-order valence-electron chi connectivity index (χ1n) is 10.7. The van der Waals surface area contributed by atoms with Crippen LogP contribution in [0.5, 0.6) is 17.2 Å². The number of methoxy groups -OCH3 is 3. The van der Waals surface area contributed by atoms with Gasteiger partial charge in [0.15, 0.2) is 11.5 Å². The van der Waals surface area contributed by atoms with Crippen molar-refractivity contribution in [1.29, 1.82) is 0 Å². The van der Waals surface area contributed by atoms with Gasteiger partial charge in [0.1, 0.15) is 5.75 Å². The minimum atomic E-state index is -0.725. The Bertz CT molecular complexity index is 1110. The van der Waals surface area contributed by atoms with Crippen LogP contribution < -0.4 is 14.2 Å². The van der Waals surface area contributed by atoms with E-state index in [-0.39, 0.29) is 12.0 Å². The van der Waals surface area contributed by atoms with Crippen LogP contribution in [-0.2, 0) is 4.79 Å². The van der Waals surface area contributed by atoms with Crippen molar-refractivity contribution in [3.8, 4) is 17.2 Å². The first kappa shape index (κ1) is 21.9. The predicted molar refractivity (Wildman–Crippen MR) is 122 cm³/mol. The zero-order valence-corrected chi connectivity index (χ0v) is 18.6. The number of benzene rings is 2. The molecule has 2 heterocycles. The van der Waals surface area contributed by atoms with E-state index in [0.717, 1.165) is 22.0 Å². The van der Waals surface area contributed by atoms with Crippen LogP contribution in [0.2, 0.25) is 0 Å². The molecular weight excluding hydrogens is 408 g/mol. The maximum Gasteiger partial charge on any atom is 0.306 e. The van der Waals surface area contributed by atoms with Gasteiger partial charge in [-0.15, -0.1) is 0 Å². The summed E-state index contributed by atoms with van der Waals surface area (Å²) in [6.07, 6.45) is 3.09. The Labute approximate surface area is 187 Å². The number of pyridine rings is 1. The molecule has 1 fully saturated rings. The SMILES string of the molecule is COc1cc(OC)c(C(c2cnc3ccccc3c2)N2CCC(C(=O)O)CC2)cc1OC. The summed E-state index contributed by atoms with van der Waals surface area (Å²) in [7, 11) is 4.84. The Balaban J connectivity index is 1.83. The molecule has 1 aliphatic heterocycles. The van der Waals surface area contributed by atoms with Gasteiger partial charge in [-0.1, -0.05) is 18.2 Å². The number of carboxylic acids is 1. The Morgan fingerprint density at radius 1 is 1.00 bits per heavy atom. The number of carboxylic acid groups (broad SMARTS) is 1. The fourth-order valence-electron chi connectivity index (χ4n) is 4.50. The summed E-state index contributed by atoms with van der Waals surface area (Å²) in [4.78, 5) is 18.5. The van der Waals surface area contributed by atoms with Gasteiger partial charge in [0.2, 0.25) is 0 Å². The molecule has 1 aromatic heterocycles. The molecule has 32 heavy (non-hydrogen) atoms. The van der Waals surface area contributed by atoms with Crippen molar-refractivity contribution < 1.29 is 24.1 Å². The van der Waals surface area contributed by atoms with E-state index >= 15 is 0 Å². The maximum absolute atomic E-state index is 11.5. The van der Waals surface area contributed by atoms with Gasteiger partial charge >= 0.3 is 5.97 Å². The summed E-state index contributed by atoms with van der Waals surface area (Å²) < 4.78 is 16.8. The summed E-state index contributed by atoms with van der Waals surface area (Å²) in [5.74, 6) is 0.850. The van der Waals surface area contributed by atoms with Crippen LogP contribution in [0.15, 0.2) is 48.7 Å². The normalized spacial score (nSPS) is 16.0. The van der Waals surface area contributed by atoms with Crippen molar-refractivity contribution in [3.05, 3.63) is 59.8 Å². The number of aromatic nitrogens is 1. The maximum atomic E-state index is 11.5. The van der Waals surface area contributed by atoms with E-state index in [2.05, 4.69) is 16.0 Å². The summed E-state index contributed by atoms with van der Waals surface area (Å²) in [6.45, 7) is 1.32. The summed E-state index contributed by atoms with van der Waals surface area (Å²) in [6, 6.07) is 13.8. The predicted octanol–water partition coefficient (Wildman–Crippen LogP) is 4.15. The molecule has 3 aromatic rings. The first-order chi connectivity index (χ1) is 15.5. The van der Waals surface area contributed by atoms with E-state index < -0.39 is 5.97 Å². The van der Waals surface area contributed by atoms with E-state index in [1.54, 1.807) is 21.3 Å². The fraction of sp³-hybridized carbons (Fsp3) is 0.360. The number of fused-ring (bicyclic) bond motifs is 1. The molecule has 7 nitrogen and oxygen atoms in total. The van der Waals surface area contributed by atoms with Crippen LogP contribution in [0.4, 0.5) is 0 Å². The van der Waals surface area contributed by atoms with Crippen LogP contribution in [0, 0.1) is 5.92 Å². The Kier molecular flexibility index (Phi) is 6.46. The zero-order valence-electron chi connectivity index (χ0n) is 18.6. The summed E-state index contributed by atoms with van der Waals surface area (Å²) >= 11 is 0. The molecule has 168 valence electrons. The highest BCUT2D eigenvalue weighted by Crippen LogP contribution is 2.43. The molecule has 7 heteroatoms. The zero-order chi connectivity index (χ0) is 22.7. The number of carbonyl (C=O) groups is 1. The number of hydrogen-bond acceptors (Lipinski definition) is 6. The highest BCUT2D eigenvalue weighted by Gasteiger charge is 2.32. The molecule has 0 bridgehead atoms. The average molecular weight is 437 g/mol. The fourth-order valence-corrected chi connectivity index (χ4v) is 4.50. The average Bonchev–Trinajstić information content (AvgIpc) is 2.84. The highest BCUT2D eigenvalue weighted by molar-refractivity contribution is 5.79. The summed E-state index contributed by atoms with van der Waals surface area (Å²) in [5.41, 5.74) is 2.87. The molecule has 1 saturated heterocycles. The minimum Gasteiger partial charge on any atom is -0.496 e. The highest BCUT2D eigenvalue weighted by atomic mass is 16.5. The molecule has 0 saturated carbocycles. The van der Waals surface area contributed by atoms with Gasteiger partial charge in [0.05, 0.1) is 38.8 Å². The minimum absolute atomic E-state index is 0.170. The molecule has 0 spiro atoms. The van der Waals surface area contributed by atoms with E-state index in [4.69, 9.17) is 14.2 Å². The van der Waals surface area contributed by atoms with Crippen molar-refractivity contribution in [2.24, 2.45) is 5.92 Å². The smallest absolute Gasteiger partial charge is 0.306 e. The molecule has 2 aromatic carbocycles. The van der Waals surface area contributed by atoms with Crippen molar-refractivity contribution >= 4 is 16.9 Å². The third kappa shape index (κ3) is 4.21. The van der Waals surface area contributed by atoms with E-state index in [1.165, 1.54) is 0 Å². The van der Waals surface area contributed by atoms with Crippen LogP contribution in [0.3, 0.4) is 0 Å². The molecule has 0 radical (unpaired) electrons. The Hall–Kier alpha value is -3.32. The lowest BCUT2D eigenvalue weighted by molar-refractivity contribution is -0.143. The van der Waals surface area contributed by atoms with Gasteiger partial charge < -0.3 is 19.3 Å². The van der Waals surface area contributed by atoms with Crippen LogP contribution in [0.25, 0.3) is 10.9 Å². The molecule has 1 atom stereocenters. The monoisotopic (exact) mass is 436 g/mol. The molecule has 1 unspecified atom stereocenters. The standard InChI is InChI=1S/C25H28N2O5/c1-30-21-14-23(32-3)22(31-2)13-19(21)24(27-10-8-16(9-11-27)25(28)29)18-12-17-6-4-5-7-20(17)26-15-18/h4-7,12-16,24H,8-11H2,1-3H3,(H,28,29). The second-order valence-electron chi connectivity index (χ2n) is 7.96. The lowest BCUT2D eigenvalue weighted by Crippen LogP contribution is -2.39. The van der Waals surface area contributed by atoms with Gasteiger partial charge in [0.25, 0.3) is 0 Å². The Morgan fingerprint density at radius 2 is 1.66 bits per heavy atom. The van der Waals surface area contributed by atoms with Crippen molar-refractivity contribution in [3.63, 3.8) is 0 Å². The number of piperidine rings is 1. The van der Waals surface area contributed by atoms with Gasteiger partial charge in [-0.3, -0.25) is 14.7 Å². The van der Waals surface area contributed by atoms with E-state index in [0.29, 0.717) is 43.2 Å². The molecule has 4 rings (SSSR count). The van der Waals surface area contributed by atoms with Crippen LogP contribution >= 0.6 is 0 Å². The lowest BCUT2D eigenvalue weighted by atomic mass is 9.91. The first-order valence-corrected chi connectivity index (χ1v) is 10.7. The summed E-state index contributed by atoms with van der Waals surface area (Å²) in [5, 5.41) is 10.5.